The van der Waals surface area contributed by atoms with E-state index in [1.165, 1.54) is 14.8 Å². The number of carbonyl (C=O) groups excluding carboxylic acids is 1. The van der Waals surface area contributed by atoms with Crippen LogP contribution in [0.2, 0.25) is 0 Å². The first-order valence-electron chi connectivity index (χ1n) is 8.35. The lowest BCUT2D eigenvalue weighted by Gasteiger charge is -2.47. The highest BCUT2D eigenvalue weighted by molar-refractivity contribution is 9.58. The molecule has 0 spiro atoms. The summed E-state index contributed by atoms with van der Waals surface area (Å²) in [5.74, 6) is -1.42. The van der Waals surface area contributed by atoms with Crippen molar-refractivity contribution in [1.29, 1.82) is 0 Å². The molecule has 0 aromatic heterocycles. The molecular formula is C17H9BrF10N2O3S. The van der Waals surface area contributed by atoms with Crippen molar-refractivity contribution in [2.45, 2.75) is 27.8 Å². The summed E-state index contributed by atoms with van der Waals surface area (Å²) in [5, 5.41) is 5.67. The summed E-state index contributed by atoms with van der Waals surface area (Å²) in [6, 6.07) is 5.66. The van der Waals surface area contributed by atoms with Crippen LogP contribution < -0.4 is 5.32 Å². The third kappa shape index (κ3) is 4.54. The smallest absolute Gasteiger partial charge is 0.321 e. The number of anilines is 1. The molecule has 0 aliphatic carbocycles. The Bertz CT molecular complexity index is 1090. The zero-order valence-corrected chi connectivity index (χ0v) is 18.3. The molecule has 0 saturated heterocycles. The number of amides is 1. The Hall–Kier alpha value is -2.56. The van der Waals surface area contributed by atoms with Gasteiger partial charge in [-0.25, -0.2) is 4.39 Å². The third-order valence-electron chi connectivity index (χ3n) is 4.19. The molecule has 5 nitrogen and oxygen atoms in total. The fourth-order valence-corrected chi connectivity index (χ4v) is 6.83. The van der Waals surface area contributed by atoms with Crippen LogP contribution in [0.5, 0.6) is 0 Å². The average molecular weight is 591 g/mol. The van der Waals surface area contributed by atoms with E-state index in [1.807, 2.05) is 0 Å². The second-order valence-electron chi connectivity index (χ2n) is 6.33. The molecule has 2 rings (SSSR count). The Morgan fingerprint density at radius 1 is 0.882 bits per heavy atom. The van der Waals surface area contributed by atoms with E-state index in [2.05, 4.69) is 0 Å². The van der Waals surface area contributed by atoms with Crippen LogP contribution in [0.3, 0.4) is 0 Å². The van der Waals surface area contributed by atoms with Crippen molar-refractivity contribution in [3.8, 4) is 0 Å². The van der Waals surface area contributed by atoms with Crippen LogP contribution in [0.4, 0.5) is 55.3 Å². The summed E-state index contributed by atoms with van der Waals surface area (Å²) in [7, 11) is -6.70. The highest BCUT2D eigenvalue weighted by atomic mass is 79.9. The van der Waals surface area contributed by atoms with Gasteiger partial charge in [0.1, 0.15) is 0 Å². The lowest BCUT2D eigenvalue weighted by molar-refractivity contribution is -0.384. The molecule has 1 atom stereocenters. The molecule has 34 heavy (non-hydrogen) atoms. The zero-order valence-electron chi connectivity index (χ0n) is 15.9. The molecule has 1 N–H and O–H groups in total. The summed E-state index contributed by atoms with van der Waals surface area (Å²) < 4.78 is 137. The predicted molar refractivity (Wildman–Crippen MR) is 104 cm³/mol. The van der Waals surface area contributed by atoms with Gasteiger partial charge < -0.3 is 5.32 Å². The number of alkyl halides is 10. The molecule has 0 aliphatic rings. The number of non-ortho nitro benzene ring substituents is 1. The molecule has 1 amide bonds. The van der Waals surface area contributed by atoms with E-state index in [4.69, 9.17) is 0 Å². The van der Waals surface area contributed by atoms with Crippen molar-refractivity contribution in [3.05, 3.63) is 64.2 Å². The van der Waals surface area contributed by atoms with Gasteiger partial charge >= 0.3 is 22.9 Å². The average Bonchev–Trinajstić information content (AvgIpc) is 2.70. The Labute approximate surface area is 191 Å². The van der Waals surface area contributed by atoms with Crippen LogP contribution >= 0.6 is 23.3 Å². The van der Waals surface area contributed by atoms with Crippen LogP contribution in [-0.4, -0.2) is 33.7 Å². The first-order valence-corrected chi connectivity index (χ1v) is 11.8. The molecule has 0 aliphatic heterocycles. The fourth-order valence-electron chi connectivity index (χ4n) is 2.69. The van der Waals surface area contributed by atoms with Crippen LogP contribution in [0.1, 0.15) is 10.4 Å². The van der Waals surface area contributed by atoms with Gasteiger partial charge in [-0.3, -0.25) is 14.9 Å². The maximum Gasteiger partial charge on any atom is 0.441 e. The van der Waals surface area contributed by atoms with Crippen LogP contribution in [0, 0.1) is 10.1 Å². The zero-order chi connectivity index (χ0) is 26.3. The van der Waals surface area contributed by atoms with Crippen molar-refractivity contribution in [1.82, 2.24) is 0 Å². The second kappa shape index (κ2) is 8.90. The summed E-state index contributed by atoms with van der Waals surface area (Å²) >= 11 is 1.44. The highest BCUT2D eigenvalue weighted by Gasteiger charge is 2.85. The van der Waals surface area contributed by atoms with E-state index in [0.717, 1.165) is 24.3 Å². The number of rotatable bonds is 5. The van der Waals surface area contributed by atoms with Gasteiger partial charge in [-0.05, 0) is 41.5 Å². The second-order valence-corrected chi connectivity index (χ2v) is 11.8. The first-order chi connectivity index (χ1) is 15.3. The van der Waals surface area contributed by atoms with Gasteiger partial charge in [0.15, 0.2) is 0 Å². The molecule has 2 aromatic carbocycles. The molecule has 0 radical (unpaired) electrons. The number of halogens is 11. The Kier molecular flexibility index (Phi) is 7.25. The van der Waals surface area contributed by atoms with Crippen LogP contribution in [0.15, 0.2) is 53.4 Å². The summed E-state index contributed by atoms with van der Waals surface area (Å²) in [5.41, 5.74) is -8.92. The fraction of sp³-hybridized carbons (Fsp3) is 0.235. The maximum atomic E-state index is 14.9. The lowest BCUT2D eigenvalue weighted by Crippen LogP contribution is -2.57. The number of hydrogen-bond donors (Lipinski definition) is 1. The number of nitrogens with zero attached hydrogens (tertiary/aromatic N) is 1. The van der Waals surface area contributed by atoms with Crippen molar-refractivity contribution in [3.63, 3.8) is 0 Å². The molecule has 188 valence electrons. The number of nitro groups is 1. The third-order valence-corrected chi connectivity index (χ3v) is 10.5. The van der Waals surface area contributed by atoms with E-state index in [0.29, 0.717) is 18.2 Å². The van der Waals surface area contributed by atoms with Gasteiger partial charge in [0, 0.05) is 22.6 Å². The van der Waals surface area contributed by atoms with Gasteiger partial charge in [0.05, 0.1) is 10.6 Å². The largest absolute Gasteiger partial charge is 0.441 e. The number of nitro benzene ring substituents is 1. The Morgan fingerprint density at radius 2 is 1.41 bits per heavy atom. The number of hydrogen-bond acceptors (Lipinski definition) is 3. The summed E-state index contributed by atoms with van der Waals surface area (Å²) in [6.07, 6.45) is -14.2. The monoisotopic (exact) mass is 590 g/mol. The van der Waals surface area contributed by atoms with Gasteiger partial charge in [0.2, 0.25) is 0 Å². The van der Waals surface area contributed by atoms with E-state index >= 15 is 0 Å². The number of nitrogens with one attached hydrogen (secondary N) is 1. The molecule has 2 aromatic rings. The molecule has 1 unspecified atom stereocenters. The normalized spacial score (nSPS) is 15.9. The Balaban J connectivity index is 2.76. The summed E-state index contributed by atoms with van der Waals surface area (Å²) in [4.78, 5) is 20.4. The van der Waals surface area contributed by atoms with E-state index < -0.39 is 64.0 Å². The molecule has 0 heterocycles. The van der Waals surface area contributed by atoms with Crippen molar-refractivity contribution < 1.29 is 53.6 Å². The standard InChI is InChI=1S/C17H9BrF10N2O3S/c18-34(17(26,27)28,14(19,15(20,21)22)16(23,24)25)12-7-2-1-6-11(12)29-13(31)9-4-3-5-10(8-9)30(32)33/h1-8H,(H,29,31). The van der Waals surface area contributed by atoms with Gasteiger partial charge in [0.25, 0.3) is 11.6 Å². The maximum absolute atomic E-state index is 14.9. The molecule has 0 fully saturated rings. The minimum absolute atomic E-state index is 0.145. The van der Waals surface area contributed by atoms with Gasteiger partial charge in [-0.1, -0.05) is 18.2 Å². The van der Waals surface area contributed by atoms with Gasteiger partial charge in [-0.15, -0.1) is 0 Å². The first kappa shape index (κ1) is 27.7. The number of carbonyl (C=O) groups is 1. The van der Waals surface area contributed by atoms with E-state index in [9.17, 15) is 58.8 Å². The van der Waals surface area contributed by atoms with E-state index in [-0.39, 0.29) is 6.07 Å². The summed E-state index contributed by atoms with van der Waals surface area (Å²) in [6.45, 7) is 0. The quantitative estimate of drug-likeness (QED) is 0.221. The topological polar surface area (TPSA) is 72.2 Å². The van der Waals surface area contributed by atoms with Gasteiger partial charge in [-0.2, -0.15) is 39.5 Å². The predicted octanol–water partition coefficient (Wildman–Crippen LogP) is 7.63. The number of para-hydroxylation sites is 1. The van der Waals surface area contributed by atoms with Crippen LogP contribution in [-0.2, 0) is 0 Å². The molecule has 17 heteroatoms. The lowest BCUT2D eigenvalue weighted by atomic mass is 10.2. The SMILES string of the molecule is O=C(Nc1ccccc1S(Br)(C(F)(F)F)C(F)(C(F)(F)F)C(F)(F)F)c1cccc([N+](=O)[O-])c1. The van der Waals surface area contributed by atoms with Crippen molar-refractivity contribution >= 4 is 40.6 Å². The van der Waals surface area contributed by atoms with E-state index in [1.54, 1.807) is 5.32 Å². The molecule has 0 bridgehead atoms. The molecule has 0 saturated carbocycles. The van der Waals surface area contributed by atoms with Crippen molar-refractivity contribution in [2.75, 3.05) is 5.32 Å². The minimum atomic E-state index is -7.09. The Morgan fingerprint density at radius 3 is 1.88 bits per heavy atom. The van der Waals surface area contributed by atoms with Crippen LogP contribution in [0.25, 0.3) is 0 Å². The highest BCUT2D eigenvalue weighted by Crippen LogP contribution is 2.86. The number of benzene rings is 2. The van der Waals surface area contributed by atoms with Crippen molar-refractivity contribution in [2.24, 2.45) is 0 Å². The molecular weight excluding hydrogens is 582 g/mol. The minimum Gasteiger partial charge on any atom is -0.321 e.